The van der Waals surface area contributed by atoms with Crippen molar-refractivity contribution >= 4 is 5.69 Å². The second-order valence-corrected chi connectivity index (χ2v) is 4.90. The third-order valence-electron chi connectivity index (χ3n) is 3.41. The number of rotatable bonds is 2. The van der Waals surface area contributed by atoms with Gasteiger partial charge in [-0.15, -0.1) is 0 Å². The van der Waals surface area contributed by atoms with Crippen molar-refractivity contribution < 1.29 is 0 Å². The minimum atomic E-state index is 0.550. The Labute approximate surface area is 102 Å². The molecule has 1 nitrogen and oxygen atoms in total. The largest absolute Gasteiger partial charge is 0.381 e. The lowest BCUT2D eigenvalue weighted by Crippen LogP contribution is -2.18. The first-order valence-corrected chi connectivity index (χ1v) is 6.21. The minimum absolute atomic E-state index is 0.550. The zero-order valence-corrected chi connectivity index (χ0v) is 10.1. The van der Waals surface area contributed by atoms with Crippen LogP contribution < -0.4 is 5.32 Å². The molecule has 0 fully saturated rings. The molecule has 0 radical (unpaired) electrons. The van der Waals surface area contributed by atoms with Crippen molar-refractivity contribution in [3.63, 3.8) is 0 Å². The lowest BCUT2D eigenvalue weighted by atomic mass is 10.0. The summed E-state index contributed by atoms with van der Waals surface area (Å²) in [6.45, 7) is 2.15. The van der Waals surface area contributed by atoms with Gasteiger partial charge in [0.1, 0.15) is 0 Å². The van der Waals surface area contributed by atoms with Crippen molar-refractivity contribution in [2.45, 2.75) is 25.8 Å². The highest BCUT2D eigenvalue weighted by molar-refractivity contribution is 5.56. The molecule has 1 N–H and O–H groups in total. The number of nitrogens with one attached hydrogen (secondary N) is 1. The van der Waals surface area contributed by atoms with E-state index >= 15 is 0 Å². The Morgan fingerprint density at radius 2 is 2.00 bits per heavy atom. The smallest absolute Gasteiger partial charge is 0.0375 e. The normalized spacial score (nSPS) is 17.6. The third-order valence-corrected chi connectivity index (χ3v) is 3.41. The van der Waals surface area contributed by atoms with Crippen LogP contribution >= 0.6 is 0 Å². The Bertz CT molecular complexity index is 506. The maximum Gasteiger partial charge on any atom is 0.0375 e. The van der Waals surface area contributed by atoms with Crippen molar-refractivity contribution in [2.75, 3.05) is 5.32 Å². The van der Waals surface area contributed by atoms with E-state index in [0.29, 0.717) is 6.04 Å². The molecule has 0 aliphatic carbocycles. The topological polar surface area (TPSA) is 12.0 Å². The van der Waals surface area contributed by atoms with Crippen LogP contribution in [0.5, 0.6) is 0 Å². The van der Waals surface area contributed by atoms with Crippen LogP contribution in [0.1, 0.15) is 16.7 Å². The second kappa shape index (κ2) is 4.25. The molecule has 2 aromatic carbocycles. The van der Waals surface area contributed by atoms with E-state index in [1.54, 1.807) is 0 Å². The van der Waals surface area contributed by atoms with Crippen LogP contribution in [0.15, 0.2) is 48.5 Å². The van der Waals surface area contributed by atoms with E-state index in [1.165, 1.54) is 22.4 Å². The number of para-hydroxylation sites is 1. The Hall–Kier alpha value is -1.76. The summed E-state index contributed by atoms with van der Waals surface area (Å²) < 4.78 is 0. The van der Waals surface area contributed by atoms with Gasteiger partial charge < -0.3 is 5.32 Å². The summed E-state index contributed by atoms with van der Waals surface area (Å²) in [5, 5.41) is 3.60. The first-order chi connectivity index (χ1) is 8.31. The average Bonchev–Trinajstić information content (AvgIpc) is 2.71. The van der Waals surface area contributed by atoms with Crippen LogP contribution in [0.4, 0.5) is 5.69 Å². The van der Waals surface area contributed by atoms with Gasteiger partial charge in [-0.25, -0.2) is 0 Å². The van der Waals surface area contributed by atoms with Crippen LogP contribution in [0.2, 0.25) is 0 Å². The maximum absolute atomic E-state index is 3.60. The number of benzene rings is 2. The van der Waals surface area contributed by atoms with E-state index in [4.69, 9.17) is 0 Å². The zero-order valence-electron chi connectivity index (χ0n) is 10.1. The van der Waals surface area contributed by atoms with E-state index in [-0.39, 0.29) is 0 Å². The van der Waals surface area contributed by atoms with Gasteiger partial charge >= 0.3 is 0 Å². The van der Waals surface area contributed by atoms with Gasteiger partial charge in [-0.2, -0.15) is 0 Å². The van der Waals surface area contributed by atoms with Gasteiger partial charge in [0.05, 0.1) is 0 Å². The molecule has 1 heterocycles. The predicted molar refractivity (Wildman–Crippen MR) is 72.4 cm³/mol. The number of aryl methyl sites for hydroxylation is 1. The van der Waals surface area contributed by atoms with E-state index in [2.05, 4.69) is 60.8 Å². The zero-order chi connectivity index (χ0) is 11.7. The average molecular weight is 223 g/mol. The number of hydrogen-bond donors (Lipinski definition) is 1. The highest BCUT2D eigenvalue weighted by Crippen LogP contribution is 2.26. The summed E-state index contributed by atoms with van der Waals surface area (Å²) >= 11 is 0. The van der Waals surface area contributed by atoms with Gasteiger partial charge in [0.2, 0.25) is 0 Å². The van der Waals surface area contributed by atoms with Crippen molar-refractivity contribution in [1.82, 2.24) is 0 Å². The summed E-state index contributed by atoms with van der Waals surface area (Å²) in [5.41, 5.74) is 5.53. The Morgan fingerprint density at radius 1 is 1.12 bits per heavy atom. The third kappa shape index (κ3) is 2.19. The molecule has 2 aromatic rings. The van der Waals surface area contributed by atoms with E-state index in [9.17, 15) is 0 Å². The van der Waals surface area contributed by atoms with E-state index < -0.39 is 0 Å². The molecular weight excluding hydrogens is 206 g/mol. The molecule has 1 aliphatic rings. The van der Waals surface area contributed by atoms with Gasteiger partial charge in [-0.3, -0.25) is 0 Å². The molecule has 1 atom stereocenters. The molecular formula is C16H17N. The highest BCUT2D eigenvalue weighted by Gasteiger charge is 2.19. The molecule has 17 heavy (non-hydrogen) atoms. The monoisotopic (exact) mass is 223 g/mol. The molecule has 3 rings (SSSR count). The molecule has 0 aromatic heterocycles. The molecule has 86 valence electrons. The Morgan fingerprint density at radius 3 is 2.82 bits per heavy atom. The van der Waals surface area contributed by atoms with Crippen LogP contribution in [0.3, 0.4) is 0 Å². The highest BCUT2D eigenvalue weighted by atomic mass is 14.9. The van der Waals surface area contributed by atoms with Crippen LogP contribution in [0.25, 0.3) is 0 Å². The molecule has 1 aliphatic heterocycles. The summed E-state index contributed by atoms with van der Waals surface area (Å²) in [4.78, 5) is 0. The lowest BCUT2D eigenvalue weighted by Gasteiger charge is -2.11. The quantitative estimate of drug-likeness (QED) is 0.820. The maximum atomic E-state index is 3.60. The van der Waals surface area contributed by atoms with Crippen molar-refractivity contribution in [2.24, 2.45) is 0 Å². The molecule has 1 unspecified atom stereocenters. The molecule has 1 heteroatoms. The fourth-order valence-electron chi connectivity index (χ4n) is 2.62. The summed E-state index contributed by atoms with van der Waals surface area (Å²) in [6, 6.07) is 18.0. The lowest BCUT2D eigenvalue weighted by molar-refractivity contribution is 0.746. The van der Waals surface area contributed by atoms with Crippen molar-refractivity contribution in [3.05, 3.63) is 65.2 Å². The fraction of sp³-hybridized carbons (Fsp3) is 0.250. The van der Waals surface area contributed by atoms with Gasteiger partial charge in [-0.05, 0) is 37.0 Å². The molecule has 0 amide bonds. The Kier molecular flexibility index (Phi) is 2.60. The minimum Gasteiger partial charge on any atom is -0.381 e. The van der Waals surface area contributed by atoms with Gasteiger partial charge in [0.15, 0.2) is 0 Å². The van der Waals surface area contributed by atoms with Crippen molar-refractivity contribution in [3.8, 4) is 0 Å². The van der Waals surface area contributed by atoms with Crippen LogP contribution in [0, 0.1) is 6.92 Å². The first kappa shape index (κ1) is 10.4. The van der Waals surface area contributed by atoms with E-state index in [0.717, 1.165) is 12.8 Å². The van der Waals surface area contributed by atoms with Crippen LogP contribution in [-0.2, 0) is 12.8 Å². The van der Waals surface area contributed by atoms with Gasteiger partial charge in [0.25, 0.3) is 0 Å². The SMILES string of the molecule is Cc1cccc(CC2Cc3ccccc3N2)c1. The predicted octanol–water partition coefficient (Wildman–Crippen LogP) is 3.57. The molecule has 0 saturated heterocycles. The standard InChI is InChI=1S/C16H17N/c1-12-5-4-6-13(9-12)10-15-11-14-7-2-3-8-16(14)17-15/h2-9,15,17H,10-11H2,1H3. The number of anilines is 1. The number of hydrogen-bond acceptors (Lipinski definition) is 1. The summed E-state index contributed by atoms with van der Waals surface area (Å²) in [7, 11) is 0. The molecule has 0 bridgehead atoms. The molecule has 0 spiro atoms. The van der Waals surface area contributed by atoms with Crippen molar-refractivity contribution in [1.29, 1.82) is 0 Å². The second-order valence-electron chi connectivity index (χ2n) is 4.90. The summed E-state index contributed by atoms with van der Waals surface area (Å²) in [5.74, 6) is 0. The molecule has 0 saturated carbocycles. The fourth-order valence-corrected chi connectivity index (χ4v) is 2.62. The van der Waals surface area contributed by atoms with Gasteiger partial charge in [0, 0.05) is 11.7 Å². The number of fused-ring (bicyclic) bond motifs is 1. The Balaban J connectivity index is 1.74. The summed E-state index contributed by atoms with van der Waals surface area (Å²) in [6.07, 6.45) is 2.25. The first-order valence-electron chi connectivity index (χ1n) is 6.21. The van der Waals surface area contributed by atoms with Gasteiger partial charge in [-0.1, -0.05) is 48.0 Å². The van der Waals surface area contributed by atoms with Crippen LogP contribution in [-0.4, -0.2) is 6.04 Å². The van der Waals surface area contributed by atoms with E-state index in [1.807, 2.05) is 0 Å².